The molecule has 0 saturated carbocycles. The van der Waals surface area contributed by atoms with E-state index in [0.29, 0.717) is 0 Å². The van der Waals surface area contributed by atoms with Crippen LogP contribution in [0.5, 0.6) is 5.75 Å². The van der Waals surface area contributed by atoms with Crippen LogP contribution >= 0.6 is 0 Å². The van der Waals surface area contributed by atoms with Gasteiger partial charge in [0.2, 0.25) is 0 Å². The van der Waals surface area contributed by atoms with Crippen LogP contribution in [0.4, 0.5) is 5.69 Å². The van der Waals surface area contributed by atoms with E-state index in [-0.39, 0.29) is 17.9 Å². The first-order valence-corrected chi connectivity index (χ1v) is 9.82. The number of anilines is 1. The van der Waals surface area contributed by atoms with Crippen molar-refractivity contribution in [1.82, 2.24) is 9.88 Å². The van der Waals surface area contributed by atoms with Gasteiger partial charge in [-0.3, -0.25) is 9.78 Å². The molecular formula is C22H27N3O2. The monoisotopic (exact) mass is 365 g/mol. The second-order valence-corrected chi connectivity index (χ2v) is 7.60. The molecule has 2 aromatic rings. The average Bonchev–Trinajstić information content (AvgIpc) is 3.05. The van der Waals surface area contributed by atoms with Crippen LogP contribution in [0, 0.1) is 6.92 Å². The number of carbonyl (C=O) groups excluding carboxylic acids is 1. The van der Waals surface area contributed by atoms with Gasteiger partial charge in [-0.1, -0.05) is 25.1 Å². The molecule has 1 N–H and O–H groups in total. The van der Waals surface area contributed by atoms with Gasteiger partial charge < -0.3 is 15.0 Å². The summed E-state index contributed by atoms with van der Waals surface area (Å²) >= 11 is 0. The molecule has 2 aliphatic rings. The Bertz CT molecular complexity index is 841. The van der Waals surface area contributed by atoms with Crippen molar-refractivity contribution in [1.29, 1.82) is 0 Å². The van der Waals surface area contributed by atoms with Crippen molar-refractivity contribution in [2.45, 2.75) is 38.5 Å². The number of amides is 1. The SMILES string of the molecule is CCc1nc(C)ccc1OCC(=O)N1CCC2(CC1)CNc1ccccc12. The summed E-state index contributed by atoms with van der Waals surface area (Å²) in [5.74, 6) is 0.783. The van der Waals surface area contributed by atoms with Gasteiger partial charge in [-0.15, -0.1) is 0 Å². The lowest BCUT2D eigenvalue weighted by Gasteiger charge is -2.39. The highest BCUT2D eigenvalue weighted by Gasteiger charge is 2.41. The van der Waals surface area contributed by atoms with Gasteiger partial charge in [0, 0.05) is 36.4 Å². The largest absolute Gasteiger partial charge is 0.482 e. The number of likely N-dealkylation sites (tertiary alicyclic amines) is 1. The summed E-state index contributed by atoms with van der Waals surface area (Å²) in [6, 6.07) is 12.4. The summed E-state index contributed by atoms with van der Waals surface area (Å²) in [6.07, 6.45) is 2.79. The molecule has 0 unspecified atom stereocenters. The number of aromatic nitrogens is 1. The van der Waals surface area contributed by atoms with E-state index < -0.39 is 0 Å². The topological polar surface area (TPSA) is 54.5 Å². The number of carbonyl (C=O) groups is 1. The van der Waals surface area contributed by atoms with Crippen LogP contribution < -0.4 is 10.1 Å². The molecule has 1 fully saturated rings. The molecule has 0 atom stereocenters. The fourth-order valence-electron chi connectivity index (χ4n) is 4.30. The molecular weight excluding hydrogens is 338 g/mol. The molecule has 142 valence electrons. The van der Waals surface area contributed by atoms with Crippen molar-refractivity contribution in [2.75, 3.05) is 31.6 Å². The number of pyridine rings is 1. The minimum absolute atomic E-state index is 0.0618. The fourth-order valence-corrected chi connectivity index (χ4v) is 4.30. The summed E-state index contributed by atoms with van der Waals surface area (Å²) in [4.78, 5) is 19.1. The molecule has 1 saturated heterocycles. The van der Waals surface area contributed by atoms with E-state index >= 15 is 0 Å². The number of hydrogen-bond donors (Lipinski definition) is 1. The Morgan fingerprint density at radius 1 is 1.22 bits per heavy atom. The highest BCUT2D eigenvalue weighted by molar-refractivity contribution is 5.78. The Kier molecular flexibility index (Phi) is 4.77. The average molecular weight is 365 g/mol. The number of ether oxygens (including phenoxy) is 1. The van der Waals surface area contributed by atoms with Crippen LogP contribution in [0.3, 0.4) is 0 Å². The number of nitrogens with zero attached hydrogens (tertiary/aromatic N) is 2. The standard InChI is InChI=1S/C22H27N3O2/c1-3-18-20(9-8-16(2)24-18)27-14-21(26)25-12-10-22(11-13-25)15-23-19-7-5-4-6-17(19)22/h4-9,23H,3,10-15H2,1-2H3. The first kappa shape index (κ1) is 17.8. The molecule has 1 amide bonds. The van der Waals surface area contributed by atoms with Gasteiger partial charge in [0.1, 0.15) is 5.75 Å². The van der Waals surface area contributed by atoms with Gasteiger partial charge >= 0.3 is 0 Å². The number of rotatable bonds is 4. The number of nitrogens with one attached hydrogen (secondary N) is 1. The Morgan fingerprint density at radius 3 is 2.78 bits per heavy atom. The van der Waals surface area contributed by atoms with Crippen molar-refractivity contribution in [3.63, 3.8) is 0 Å². The lowest BCUT2D eigenvalue weighted by molar-refractivity contribution is -0.134. The van der Waals surface area contributed by atoms with Crippen LogP contribution in [0.25, 0.3) is 0 Å². The van der Waals surface area contributed by atoms with Gasteiger partial charge in [0.05, 0.1) is 5.69 Å². The van der Waals surface area contributed by atoms with E-state index in [4.69, 9.17) is 4.74 Å². The maximum atomic E-state index is 12.7. The smallest absolute Gasteiger partial charge is 0.260 e. The zero-order valence-electron chi connectivity index (χ0n) is 16.1. The van der Waals surface area contributed by atoms with Crippen molar-refractivity contribution in [3.8, 4) is 5.75 Å². The summed E-state index contributed by atoms with van der Waals surface area (Å²) < 4.78 is 5.81. The Labute approximate surface area is 160 Å². The van der Waals surface area contributed by atoms with Gasteiger partial charge in [-0.05, 0) is 49.9 Å². The molecule has 3 heterocycles. The number of benzene rings is 1. The molecule has 1 aromatic carbocycles. The molecule has 1 spiro atoms. The van der Waals surface area contributed by atoms with Gasteiger partial charge in [-0.25, -0.2) is 0 Å². The van der Waals surface area contributed by atoms with E-state index in [2.05, 4.69) is 34.6 Å². The normalized spacial score (nSPS) is 17.5. The molecule has 0 radical (unpaired) electrons. The van der Waals surface area contributed by atoms with Crippen LogP contribution in [0.1, 0.15) is 36.7 Å². The number of aryl methyl sites for hydroxylation is 2. The minimum Gasteiger partial charge on any atom is -0.482 e. The first-order chi connectivity index (χ1) is 13.1. The predicted molar refractivity (Wildman–Crippen MR) is 106 cm³/mol. The Hall–Kier alpha value is -2.56. The third-order valence-electron chi connectivity index (χ3n) is 5.95. The maximum absolute atomic E-state index is 12.7. The van der Waals surface area contributed by atoms with Crippen molar-refractivity contribution in [2.24, 2.45) is 0 Å². The number of fused-ring (bicyclic) bond motifs is 2. The highest BCUT2D eigenvalue weighted by Crippen LogP contribution is 2.43. The Balaban J connectivity index is 1.36. The van der Waals surface area contributed by atoms with E-state index in [0.717, 1.165) is 56.0 Å². The van der Waals surface area contributed by atoms with Gasteiger partial charge in [-0.2, -0.15) is 0 Å². The second-order valence-electron chi connectivity index (χ2n) is 7.60. The number of piperidine rings is 1. The van der Waals surface area contributed by atoms with Crippen molar-refractivity contribution in [3.05, 3.63) is 53.3 Å². The summed E-state index contributed by atoms with van der Waals surface area (Å²) in [5.41, 5.74) is 4.71. The second kappa shape index (κ2) is 7.22. The van der Waals surface area contributed by atoms with Crippen LogP contribution in [0.15, 0.2) is 36.4 Å². The van der Waals surface area contributed by atoms with E-state index in [1.165, 1.54) is 11.3 Å². The fraction of sp³-hybridized carbons (Fsp3) is 0.455. The van der Waals surface area contributed by atoms with Crippen molar-refractivity contribution < 1.29 is 9.53 Å². The number of para-hydroxylation sites is 1. The zero-order valence-corrected chi connectivity index (χ0v) is 16.1. The third-order valence-corrected chi connectivity index (χ3v) is 5.95. The van der Waals surface area contributed by atoms with Gasteiger partial charge in [0.25, 0.3) is 5.91 Å². The quantitative estimate of drug-likeness (QED) is 0.903. The molecule has 5 nitrogen and oxygen atoms in total. The molecule has 5 heteroatoms. The summed E-state index contributed by atoms with van der Waals surface area (Å²) in [6.45, 7) is 6.64. The predicted octanol–water partition coefficient (Wildman–Crippen LogP) is 3.32. The number of hydrogen-bond acceptors (Lipinski definition) is 4. The van der Waals surface area contributed by atoms with Crippen LogP contribution in [-0.2, 0) is 16.6 Å². The van der Waals surface area contributed by atoms with Crippen LogP contribution in [-0.4, -0.2) is 42.0 Å². The summed E-state index contributed by atoms with van der Waals surface area (Å²) in [7, 11) is 0. The highest BCUT2D eigenvalue weighted by atomic mass is 16.5. The van der Waals surface area contributed by atoms with Crippen molar-refractivity contribution >= 4 is 11.6 Å². The molecule has 4 rings (SSSR count). The molecule has 2 aliphatic heterocycles. The maximum Gasteiger partial charge on any atom is 0.260 e. The molecule has 27 heavy (non-hydrogen) atoms. The van der Waals surface area contributed by atoms with Crippen LogP contribution in [0.2, 0.25) is 0 Å². The lowest BCUT2D eigenvalue weighted by atomic mass is 9.74. The lowest BCUT2D eigenvalue weighted by Crippen LogP contribution is -2.47. The van der Waals surface area contributed by atoms with E-state index in [1.807, 2.05) is 30.9 Å². The Morgan fingerprint density at radius 2 is 2.00 bits per heavy atom. The summed E-state index contributed by atoms with van der Waals surface area (Å²) in [5, 5.41) is 3.53. The minimum atomic E-state index is 0.0618. The molecule has 1 aromatic heterocycles. The van der Waals surface area contributed by atoms with E-state index in [1.54, 1.807) is 0 Å². The zero-order chi connectivity index (χ0) is 18.9. The molecule has 0 aliphatic carbocycles. The molecule has 0 bridgehead atoms. The first-order valence-electron chi connectivity index (χ1n) is 9.82. The van der Waals surface area contributed by atoms with E-state index in [9.17, 15) is 4.79 Å². The third kappa shape index (κ3) is 3.38. The van der Waals surface area contributed by atoms with Gasteiger partial charge in [0.15, 0.2) is 6.61 Å².